The lowest BCUT2D eigenvalue weighted by molar-refractivity contribution is 0.292. The molecule has 0 aliphatic carbocycles. The molecule has 0 amide bonds. The predicted octanol–water partition coefficient (Wildman–Crippen LogP) is 4.73. The van der Waals surface area contributed by atoms with Gasteiger partial charge in [0, 0.05) is 16.8 Å². The number of hydrogen-bond donors (Lipinski definition) is 0. The molecule has 2 nitrogen and oxygen atoms in total. The fourth-order valence-electron chi connectivity index (χ4n) is 1.27. The highest BCUT2D eigenvalue weighted by Gasteiger charge is 2.05. The summed E-state index contributed by atoms with van der Waals surface area (Å²) in [6.45, 7) is 0.368. The van der Waals surface area contributed by atoms with Crippen LogP contribution in [0.15, 0.2) is 41.0 Å². The second-order valence-electron chi connectivity index (χ2n) is 3.32. The Hall–Kier alpha value is -0.770. The molecule has 0 saturated carbocycles. The smallest absolute Gasteiger partial charge is 0.228 e. The van der Waals surface area contributed by atoms with Gasteiger partial charge in [0.1, 0.15) is 6.61 Å². The molecule has 0 bridgehead atoms. The van der Waals surface area contributed by atoms with E-state index in [0.717, 1.165) is 10.0 Å². The fourth-order valence-corrected chi connectivity index (χ4v) is 2.21. The number of rotatable bonds is 3. The van der Waals surface area contributed by atoms with E-state index in [4.69, 9.17) is 27.9 Å². The Morgan fingerprint density at radius 1 is 1.24 bits per heavy atom. The van der Waals surface area contributed by atoms with Gasteiger partial charge >= 0.3 is 0 Å². The highest BCUT2D eigenvalue weighted by Crippen LogP contribution is 2.26. The molecule has 0 aliphatic heterocycles. The molecule has 88 valence electrons. The standard InChI is InChI=1S/C12H8BrCl2NO/c13-10-5-9(14)6-16-12(10)17-7-8-3-1-2-4-11(8)15/h1-6H,7H2. The van der Waals surface area contributed by atoms with Gasteiger partial charge < -0.3 is 4.74 Å². The van der Waals surface area contributed by atoms with Crippen molar-refractivity contribution in [2.75, 3.05) is 0 Å². The largest absolute Gasteiger partial charge is 0.472 e. The minimum absolute atomic E-state index is 0.368. The zero-order chi connectivity index (χ0) is 12.3. The second kappa shape index (κ2) is 5.71. The zero-order valence-corrected chi connectivity index (χ0v) is 11.8. The quantitative estimate of drug-likeness (QED) is 0.810. The third kappa shape index (κ3) is 3.35. The monoisotopic (exact) mass is 331 g/mol. The van der Waals surface area contributed by atoms with Crippen LogP contribution in [0.5, 0.6) is 5.88 Å². The van der Waals surface area contributed by atoms with Gasteiger partial charge in [0.25, 0.3) is 0 Å². The number of hydrogen-bond acceptors (Lipinski definition) is 2. The van der Waals surface area contributed by atoms with Gasteiger partial charge in [-0.15, -0.1) is 0 Å². The van der Waals surface area contributed by atoms with E-state index in [1.165, 1.54) is 6.20 Å². The molecule has 0 fully saturated rings. The van der Waals surface area contributed by atoms with E-state index in [2.05, 4.69) is 20.9 Å². The van der Waals surface area contributed by atoms with Crippen molar-refractivity contribution in [1.82, 2.24) is 4.98 Å². The van der Waals surface area contributed by atoms with Crippen LogP contribution < -0.4 is 4.74 Å². The lowest BCUT2D eigenvalue weighted by atomic mass is 10.2. The molecule has 2 aromatic rings. The molecule has 17 heavy (non-hydrogen) atoms. The molecular weight excluding hydrogens is 325 g/mol. The number of benzene rings is 1. The summed E-state index contributed by atoms with van der Waals surface area (Å²) in [4.78, 5) is 4.08. The van der Waals surface area contributed by atoms with E-state index in [1.807, 2.05) is 24.3 Å². The van der Waals surface area contributed by atoms with E-state index < -0.39 is 0 Å². The normalized spacial score (nSPS) is 10.3. The Morgan fingerprint density at radius 2 is 2.00 bits per heavy atom. The molecule has 5 heteroatoms. The Labute approximate surface area is 118 Å². The van der Waals surface area contributed by atoms with Crippen molar-refractivity contribution in [1.29, 1.82) is 0 Å². The van der Waals surface area contributed by atoms with Crippen LogP contribution in [0.25, 0.3) is 0 Å². The van der Waals surface area contributed by atoms with Crippen molar-refractivity contribution in [3.8, 4) is 5.88 Å². The molecule has 2 rings (SSSR count). The van der Waals surface area contributed by atoms with Crippen molar-refractivity contribution in [3.05, 3.63) is 56.6 Å². The van der Waals surface area contributed by atoms with Crippen LogP contribution in [-0.4, -0.2) is 4.98 Å². The van der Waals surface area contributed by atoms with Crippen LogP contribution in [-0.2, 0) is 6.61 Å². The topological polar surface area (TPSA) is 22.1 Å². The Morgan fingerprint density at radius 3 is 2.71 bits per heavy atom. The van der Waals surface area contributed by atoms with Crippen LogP contribution in [0, 0.1) is 0 Å². The minimum atomic E-state index is 0.368. The average Bonchev–Trinajstić information content (AvgIpc) is 2.30. The molecule has 0 aliphatic rings. The SMILES string of the molecule is Clc1cnc(OCc2ccccc2Cl)c(Br)c1. The molecule has 1 heterocycles. The first-order valence-electron chi connectivity index (χ1n) is 4.84. The maximum absolute atomic E-state index is 6.02. The highest BCUT2D eigenvalue weighted by molar-refractivity contribution is 9.10. The summed E-state index contributed by atoms with van der Waals surface area (Å²) in [5, 5.41) is 1.24. The number of ether oxygens (including phenoxy) is 1. The molecular formula is C12H8BrCl2NO. The molecule has 0 spiro atoms. The van der Waals surface area contributed by atoms with Crippen LogP contribution in [0.1, 0.15) is 5.56 Å². The van der Waals surface area contributed by atoms with Crippen molar-refractivity contribution in [3.63, 3.8) is 0 Å². The van der Waals surface area contributed by atoms with Gasteiger partial charge in [0.15, 0.2) is 0 Å². The molecule has 0 N–H and O–H groups in total. The number of halogens is 3. The van der Waals surface area contributed by atoms with Gasteiger partial charge in [-0.25, -0.2) is 4.98 Å². The maximum Gasteiger partial charge on any atom is 0.228 e. The third-order valence-corrected chi connectivity index (χ3v) is 3.24. The Balaban J connectivity index is 2.10. The van der Waals surface area contributed by atoms with Crippen LogP contribution in [0.3, 0.4) is 0 Å². The van der Waals surface area contributed by atoms with E-state index >= 15 is 0 Å². The number of nitrogens with zero attached hydrogens (tertiary/aromatic N) is 1. The van der Waals surface area contributed by atoms with Crippen molar-refractivity contribution in [2.24, 2.45) is 0 Å². The van der Waals surface area contributed by atoms with Crippen molar-refractivity contribution < 1.29 is 4.74 Å². The Kier molecular flexibility index (Phi) is 4.26. The average molecular weight is 333 g/mol. The zero-order valence-electron chi connectivity index (χ0n) is 8.66. The van der Waals surface area contributed by atoms with Crippen LogP contribution in [0.4, 0.5) is 0 Å². The molecule has 0 unspecified atom stereocenters. The summed E-state index contributed by atoms with van der Waals surface area (Å²) in [6.07, 6.45) is 1.54. The molecule has 1 aromatic carbocycles. The fraction of sp³-hybridized carbons (Fsp3) is 0.0833. The van der Waals surface area contributed by atoms with Gasteiger partial charge in [0.05, 0.1) is 9.50 Å². The molecule has 0 atom stereocenters. The van der Waals surface area contributed by atoms with E-state index in [0.29, 0.717) is 22.5 Å². The molecule has 0 saturated heterocycles. The van der Waals surface area contributed by atoms with E-state index in [1.54, 1.807) is 6.07 Å². The van der Waals surface area contributed by atoms with Gasteiger partial charge in [0.2, 0.25) is 5.88 Å². The first-order chi connectivity index (χ1) is 8.16. The second-order valence-corrected chi connectivity index (χ2v) is 5.02. The van der Waals surface area contributed by atoms with Gasteiger partial charge in [-0.3, -0.25) is 0 Å². The van der Waals surface area contributed by atoms with Gasteiger partial charge in [-0.1, -0.05) is 41.4 Å². The summed E-state index contributed by atoms with van der Waals surface area (Å²) in [7, 11) is 0. The molecule has 0 radical (unpaired) electrons. The summed E-state index contributed by atoms with van der Waals surface area (Å²) in [6, 6.07) is 9.25. The summed E-state index contributed by atoms with van der Waals surface area (Å²) >= 11 is 15.1. The minimum Gasteiger partial charge on any atom is -0.472 e. The van der Waals surface area contributed by atoms with Crippen molar-refractivity contribution in [2.45, 2.75) is 6.61 Å². The van der Waals surface area contributed by atoms with E-state index in [-0.39, 0.29) is 0 Å². The summed E-state index contributed by atoms with van der Waals surface area (Å²) in [5.41, 5.74) is 0.915. The first-order valence-corrected chi connectivity index (χ1v) is 6.39. The Bertz CT molecular complexity index is 534. The predicted molar refractivity (Wildman–Crippen MR) is 72.7 cm³/mol. The number of pyridine rings is 1. The van der Waals surface area contributed by atoms with Crippen LogP contribution >= 0.6 is 39.1 Å². The third-order valence-electron chi connectivity index (χ3n) is 2.10. The van der Waals surface area contributed by atoms with Gasteiger partial charge in [-0.2, -0.15) is 0 Å². The lowest BCUT2D eigenvalue weighted by Crippen LogP contribution is -1.98. The van der Waals surface area contributed by atoms with E-state index in [9.17, 15) is 0 Å². The highest BCUT2D eigenvalue weighted by atomic mass is 79.9. The lowest BCUT2D eigenvalue weighted by Gasteiger charge is -2.08. The molecule has 1 aromatic heterocycles. The summed E-state index contributed by atoms with van der Waals surface area (Å²) in [5.74, 6) is 0.495. The maximum atomic E-state index is 6.02. The first kappa shape index (κ1) is 12.7. The van der Waals surface area contributed by atoms with Gasteiger partial charge in [-0.05, 0) is 28.1 Å². The number of aromatic nitrogens is 1. The van der Waals surface area contributed by atoms with Crippen LogP contribution in [0.2, 0.25) is 10.0 Å². The van der Waals surface area contributed by atoms with Crippen molar-refractivity contribution >= 4 is 39.1 Å². The summed E-state index contributed by atoms with van der Waals surface area (Å²) < 4.78 is 6.28.